The molecule has 1 saturated heterocycles. The molecule has 8 atom stereocenters. The summed E-state index contributed by atoms with van der Waals surface area (Å²) >= 11 is 5.98. The molecule has 2 aromatic carbocycles. The second-order valence-corrected chi connectivity index (χ2v) is 14.6. The Morgan fingerprint density at radius 2 is 1.33 bits per heavy atom. The number of unbranched alkanes of at least 4 members (excludes halogenated alkanes) is 2. The predicted molar refractivity (Wildman–Crippen MR) is 215 cm³/mol. The molecule has 5 amide bonds. The maximum atomic E-state index is 13.4. The molecule has 57 heavy (non-hydrogen) atoms. The molecule has 0 saturated carbocycles. The lowest BCUT2D eigenvalue weighted by molar-refractivity contribution is -0.135. The Bertz CT molecular complexity index is 1640. The van der Waals surface area contributed by atoms with Crippen LogP contribution in [0.15, 0.2) is 48.5 Å². The minimum absolute atomic E-state index is 0.0204. The number of amides is 5. The Kier molecular flexibility index (Phi) is 19.5. The highest BCUT2D eigenvalue weighted by molar-refractivity contribution is 6.30. The first-order chi connectivity index (χ1) is 27.2. The summed E-state index contributed by atoms with van der Waals surface area (Å²) in [5.74, 6) is -3.87. The molecule has 1 aliphatic rings. The molecule has 1 aliphatic heterocycles. The summed E-state index contributed by atoms with van der Waals surface area (Å²) in [6.07, 6.45) is 0.703. The Labute approximate surface area is 338 Å². The summed E-state index contributed by atoms with van der Waals surface area (Å²) < 4.78 is 11.0. The van der Waals surface area contributed by atoms with Crippen molar-refractivity contribution in [1.82, 2.24) is 26.6 Å². The first-order valence-electron chi connectivity index (χ1n) is 19.4. The first kappa shape index (κ1) is 46.9. The van der Waals surface area contributed by atoms with Crippen LogP contribution in [-0.4, -0.2) is 115 Å². The lowest BCUT2D eigenvalue weighted by Crippen LogP contribution is -2.60. The van der Waals surface area contributed by atoms with Gasteiger partial charge in [0.25, 0.3) is 5.91 Å². The van der Waals surface area contributed by atoms with Gasteiger partial charge in [-0.05, 0) is 101 Å². The third kappa shape index (κ3) is 15.1. The summed E-state index contributed by atoms with van der Waals surface area (Å²) in [6.45, 7) is 7.47. The van der Waals surface area contributed by atoms with Gasteiger partial charge in [0.2, 0.25) is 23.6 Å². The Balaban J connectivity index is 1.58. The molecule has 314 valence electrons. The summed E-state index contributed by atoms with van der Waals surface area (Å²) in [4.78, 5) is 79.3. The number of carbonyl (C=O) groups excluding carboxylic acids is 6. The number of nitrogens with two attached hydrogens (primary N) is 2. The van der Waals surface area contributed by atoms with E-state index in [2.05, 4.69) is 26.6 Å². The molecule has 0 bridgehead atoms. The molecule has 16 nitrogen and oxygen atoms in total. The number of rotatable bonds is 25. The van der Waals surface area contributed by atoms with Crippen molar-refractivity contribution in [2.45, 2.75) is 115 Å². The quantitative estimate of drug-likeness (QED) is 0.0520. The number of ether oxygens (including phenoxy) is 2. The van der Waals surface area contributed by atoms with Crippen molar-refractivity contribution in [3.63, 3.8) is 0 Å². The fourth-order valence-corrected chi connectivity index (χ4v) is 5.94. The predicted octanol–water partition coefficient (Wildman–Crippen LogP) is 1.10. The minimum atomic E-state index is -1.52. The molecule has 1 heterocycles. The van der Waals surface area contributed by atoms with E-state index < -0.39 is 72.0 Å². The van der Waals surface area contributed by atoms with Gasteiger partial charge in [-0.2, -0.15) is 0 Å². The summed E-state index contributed by atoms with van der Waals surface area (Å²) in [7, 11) is 0. The van der Waals surface area contributed by atoms with Crippen molar-refractivity contribution >= 4 is 46.9 Å². The van der Waals surface area contributed by atoms with E-state index in [1.807, 2.05) is 19.1 Å². The number of benzene rings is 2. The highest BCUT2D eigenvalue weighted by Crippen LogP contribution is 2.25. The van der Waals surface area contributed by atoms with Crippen LogP contribution in [0.25, 0.3) is 11.1 Å². The number of nitrogens with one attached hydrogen (secondary N) is 5. The van der Waals surface area contributed by atoms with Gasteiger partial charge in [-0.25, -0.2) is 0 Å². The maximum Gasteiger partial charge on any atom is 0.251 e. The van der Waals surface area contributed by atoms with Gasteiger partial charge >= 0.3 is 0 Å². The molecule has 3 rings (SSSR count). The van der Waals surface area contributed by atoms with Crippen molar-refractivity contribution in [3.8, 4) is 11.1 Å². The topological polar surface area (TPSA) is 257 Å². The summed E-state index contributed by atoms with van der Waals surface area (Å²) in [6, 6.07) is 8.05. The lowest BCUT2D eigenvalue weighted by Gasteiger charge is -2.26. The number of epoxide rings is 1. The Morgan fingerprint density at radius 1 is 0.737 bits per heavy atom. The third-order valence-corrected chi connectivity index (χ3v) is 9.62. The van der Waals surface area contributed by atoms with Gasteiger partial charge in [-0.3, -0.25) is 28.8 Å². The Hall–Kier alpha value is -4.45. The number of Topliss-reactive ketones (excluding diaryl/α,β-unsaturated/α-hetero) is 1. The first-order valence-corrected chi connectivity index (χ1v) is 19.8. The molecule has 1 fully saturated rings. The van der Waals surface area contributed by atoms with Gasteiger partial charge in [-0.15, -0.1) is 0 Å². The Morgan fingerprint density at radius 3 is 1.93 bits per heavy atom. The summed E-state index contributed by atoms with van der Waals surface area (Å²) in [5.41, 5.74) is 13.4. The zero-order chi connectivity index (χ0) is 42.1. The van der Waals surface area contributed by atoms with Crippen LogP contribution in [-0.2, 0) is 33.4 Å². The van der Waals surface area contributed by atoms with Gasteiger partial charge in [0.15, 0.2) is 5.78 Å². The van der Waals surface area contributed by atoms with Gasteiger partial charge < -0.3 is 52.6 Å². The van der Waals surface area contributed by atoms with Crippen LogP contribution in [0.1, 0.15) is 76.6 Å². The van der Waals surface area contributed by atoms with Crippen molar-refractivity contribution in [3.05, 3.63) is 59.1 Å². The average Bonchev–Trinajstić information content (AvgIpc) is 3.97. The van der Waals surface area contributed by atoms with Crippen LogP contribution >= 0.6 is 11.6 Å². The smallest absolute Gasteiger partial charge is 0.251 e. The molecular weight excluding hydrogens is 758 g/mol. The van der Waals surface area contributed by atoms with E-state index in [1.54, 1.807) is 36.4 Å². The van der Waals surface area contributed by atoms with Crippen molar-refractivity contribution in [1.29, 1.82) is 0 Å². The van der Waals surface area contributed by atoms with E-state index in [0.29, 0.717) is 31.0 Å². The minimum Gasteiger partial charge on any atom is -0.391 e. The van der Waals surface area contributed by atoms with Crippen molar-refractivity contribution in [2.75, 3.05) is 26.3 Å². The largest absolute Gasteiger partial charge is 0.391 e. The zero-order valence-corrected chi connectivity index (χ0v) is 33.8. The highest BCUT2D eigenvalue weighted by Gasteiger charge is 2.47. The number of hydrogen-bond donors (Lipinski definition) is 8. The molecule has 10 N–H and O–H groups in total. The third-order valence-electron chi connectivity index (χ3n) is 9.37. The zero-order valence-electron chi connectivity index (χ0n) is 33.1. The van der Waals surface area contributed by atoms with E-state index in [0.717, 1.165) is 24.0 Å². The molecule has 0 aliphatic carbocycles. The monoisotopic (exact) mass is 815 g/mol. The lowest BCUT2D eigenvalue weighted by atomic mass is 10.0. The number of aliphatic hydroxyl groups excluding tert-OH is 1. The van der Waals surface area contributed by atoms with E-state index in [4.69, 9.17) is 32.5 Å². The molecule has 0 spiro atoms. The molecule has 0 aromatic heterocycles. The normalized spacial score (nSPS) is 17.8. The fraction of sp³-hybridized carbons (Fsp3) is 0.550. The number of halogens is 1. The molecular formula is C40H58ClN7O9. The van der Waals surface area contributed by atoms with Crippen LogP contribution in [0.3, 0.4) is 0 Å². The maximum absolute atomic E-state index is 13.4. The van der Waals surface area contributed by atoms with Gasteiger partial charge in [0, 0.05) is 17.2 Å². The summed E-state index contributed by atoms with van der Waals surface area (Å²) in [5, 5.41) is 23.9. The van der Waals surface area contributed by atoms with Crippen LogP contribution < -0.4 is 38.1 Å². The second-order valence-electron chi connectivity index (χ2n) is 14.1. The molecule has 2 unspecified atom stereocenters. The average molecular weight is 816 g/mol. The van der Waals surface area contributed by atoms with Crippen LogP contribution in [0.2, 0.25) is 5.02 Å². The number of ketones is 1. The fourth-order valence-electron chi connectivity index (χ4n) is 5.82. The SMILES string of the molecule is CCCCOCC1OC1C(=O)[C@H](C)NC(=O)[C@H](CCCCN)NC(=O)[C@H](C)NC(=O)[C@@H](NC(=O)[C@H](CCN)NC(=O)c1ccc(-c2ccc(Cl)cc2)cc1)[C@@H](C)O. The van der Waals surface area contributed by atoms with Gasteiger partial charge in [0.05, 0.1) is 18.8 Å². The van der Waals surface area contributed by atoms with Gasteiger partial charge in [0.1, 0.15) is 36.4 Å². The van der Waals surface area contributed by atoms with E-state index >= 15 is 0 Å². The van der Waals surface area contributed by atoms with Crippen molar-refractivity contribution in [2.24, 2.45) is 11.5 Å². The number of hydrogen-bond acceptors (Lipinski definition) is 11. The highest BCUT2D eigenvalue weighted by atomic mass is 35.5. The molecule has 17 heteroatoms. The molecule has 0 radical (unpaired) electrons. The second kappa shape index (κ2) is 23.7. The van der Waals surface area contributed by atoms with E-state index in [9.17, 15) is 33.9 Å². The van der Waals surface area contributed by atoms with E-state index in [1.165, 1.54) is 20.8 Å². The van der Waals surface area contributed by atoms with Crippen LogP contribution in [0.5, 0.6) is 0 Å². The number of aliphatic hydroxyl groups is 1. The van der Waals surface area contributed by atoms with Crippen LogP contribution in [0, 0.1) is 0 Å². The van der Waals surface area contributed by atoms with Gasteiger partial charge in [-0.1, -0.05) is 49.2 Å². The van der Waals surface area contributed by atoms with Crippen molar-refractivity contribution < 1.29 is 43.3 Å². The van der Waals surface area contributed by atoms with E-state index in [-0.39, 0.29) is 43.4 Å². The standard InChI is InChI=1S/C40H58ClN7O9/c1-5-6-21-56-22-32-35(57-32)34(50)23(2)44-38(53)30(9-7-8-19-42)46-36(51)24(3)45-40(55)33(25(4)49)48-39(54)31(18-20-43)47-37(52)28-12-10-26(11-13-28)27-14-16-29(41)17-15-27/h10-17,23-25,30-33,35,49H,5-9,18-22,42-43H2,1-4H3,(H,44,53)(H,45,55)(H,46,51)(H,47,52)(H,48,54)/t23-,24-,25+,30-,31-,32?,33-,35?/m0/s1. The number of carbonyl (C=O) groups is 6. The van der Waals surface area contributed by atoms with Crippen LogP contribution in [0.4, 0.5) is 0 Å². The molecule has 2 aromatic rings.